The van der Waals surface area contributed by atoms with Crippen LogP contribution in [0.1, 0.15) is 25.5 Å². The number of hydrogen-bond acceptors (Lipinski definition) is 3. The van der Waals surface area contributed by atoms with Gasteiger partial charge in [-0.15, -0.1) is 0 Å². The topological polar surface area (TPSA) is 74.4 Å². The van der Waals surface area contributed by atoms with Gasteiger partial charge in [-0.3, -0.25) is 20.0 Å². The molecule has 0 amide bonds. The summed E-state index contributed by atoms with van der Waals surface area (Å²) in [5, 5.41) is 5.95. The maximum Gasteiger partial charge on any atom is 0.273 e. The summed E-state index contributed by atoms with van der Waals surface area (Å²) in [4.78, 5) is 20.3. The van der Waals surface area contributed by atoms with Crippen LogP contribution in [0.3, 0.4) is 0 Å². The molecule has 0 atom stereocenters. The maximum atomic E-state index is 11.7. The van der Waals surface area contributed by atoms with Crippen molar-refractivity contribution in [1.29, 1.82) is 0 Å². The minimum Gasteiger partial charge on any atom is -0.281 e. The number of aromatic amines is 2. The minimum absolute atomic E-state index is 0.145. The molecular formula is C14H14N4O. The van der Waals surface area contributed by atoms with Crippen molar-refractivity contribution in [2.24, 2.45) is 0 Å². The smallest absolute Gasteiger partial charge is 0.273 e. The summed E-state index contributed by atoms with van der Waals surface area (Å²) in [5.41, 5.74) is 3.43. The maximum absolute atomic E-state index is 11.7. The van der Waals surface area contributed by atoms with E-state index >= 15 is 0 Å². The fourth-order valence-corrected chi connectivity index (χ4v) is 2.18. The van der Waals surface area contributed by atoms with Crippen LogP contribution < -0.4 is 5.56 Å². The fraction of sp³-hybridized carbons (Fsp3) is 0.214. The van der Waals surface area contributed by atoms with Crippen LogP contribution in [0.4, 0.5) is 0 Å². The predicted octanol–water partition coefficient (Wildman–Crippen LogP) is 2.44. The molecule has 19 heavy (non-hydrogen) atoms. The Morgan fingerprint density at radius 3 is 2.58 bits per heavy atom. The number of nitrogens with one attached hydrogen (secondary N) is 2. The molecule has 5 heteroatoms. The molecule has 2 N–H and O–H groups in total. The standard InChI is InChI=1S/C14H14N4O/c1-8(2)12-10(9-3-5-15-6-4-9)7-11-13(16-12)17-18-14(11)19/h3-8H,1-2H3,(H2,16,17,18,19). The van der Waals surface area contributed by atoms with Gasteiger partial charge in [-0.2, -0.15) is 0 Å². The second-order valence-electron chi connectivity index (χ2n) is 4.79. The largest absolute Gasteiger partial charge is 0.281 e. The van der Waals surface area contributed by atoms with Crippen LogP contribution in [-0.4, -0.2) is 20.2 Å². The van der Waals surface area contributed by atoms with Gasteiger partial charge in [0.15, 0.2) is 5.65 Å². The quantitative estimate of drug-likeness (QED) is 0.737. The zero-order chi connectivity index (χ0) is 13.4. The average Bonchev–Trinajstić information content (AvgIpc) is 2.79. The third-order valence-corrected chi connectivity index (χ3v) is 3.13. The summed E-state index contributed by atoms with van der Waals surface area (Å²) in [7, 11) is 0. The van der Waals surface area contributed by atoms with Gasteiger partial charge >= 0.3 is 0 Å². The van der Waals surface area contributed by atoms with Crippen LogP contribution >= 0.6 is 0 Å². The van der Waals surface area contributed by atoms with Crippen molar-refractivity contribution in [3.05, 3.63) is 46.6 Å². The number of rotatable bonds is 2. The molecule has 0 saturated heterocycles. The van der Waals surface area contributed by atoms with Gasteiger partial charge in [0, 0.05) is 18.0 Å². The van der Waals surface area contributed by atoms with E-state index in [1.165, 1.54) is 0 Å². The number of pyridine rings is 2. The monoisotopic (exact) mass is 254 g/mol. The van der Waals surface area contributed by atoms with Crippen molar-refractivity contribution in [3.63, 3.8) is 0 Å². The molecule has 0 aromatic carbocycles. The van der Waals surface area contributed by atoms with Crippen molar-refractivity contribution in [2.45, 2.75) is 19.8 Å². The first-order chi connectivity index (χ1) is 9.16. The van der Waals surface area contributed by atoms with Crippen LogP contribution in [-0.2, 0) is 0 Å². The lowest BCUT2D eigenvalue weighted by molar-refractivity contribution is 0.830. The Bertz CT molecular complexity index is 771. The highest BCUT2D eigenvalue weighted by Gasteiger charge is 2.14. The normalized spacial score (nSPS) is 11.3. The number of fused-ring (bicyclic) bond motifs is 1. The summed E-state index contributed by atoms with van der Waals surface area (Å²) in [6.45, 7) is 4.17. The summed E-state index contributed by atoms with van der Waals surface area (Å²) < 4.78 is 0. The summed E-state index contributed by atoms with van der Waals surface area (Å²) in [6.07, 6.45) is 3.48. The van der Waals surface area contributed by atoms with E-state index in [0.29, 0.717) is 11.0 Å². The third-order valence-electron chi connectivity index (χ3n) is 3.13. The van der Waals surface area contributed by atoms with Gasteiger partial charge in [0.05, 0.1) is 11.1 Å². The Hall–Kier alpha value is -2.43. The number of nitrogens with zero attached hydrogens (tertiary/aromatic N) is 2. The third kappa shape index (κ3) is 1.93. The van der Waals surface area contributed by atoms with Crippen LogP contribution in [0.5, 0.6) is 0 Å². The molecule has 0 aliphatic rings. The zero-order valence-electron chi connectivity index (χ0n) is 10.8. The van der Waals surface area contributed by atoms with Crippen molar-refractivity contribution < 1.29 is 0 Å². The second-order valence-corrected chi connectivity index (χ2v) is 4.79. The van der Waals surface area contributed by atoms with Crippen LogP contribution in [0.15, 0.2) is 35.4 Å². The van der Waals surface area contributed by atoms with Gasteiger partial charge in [0.25, 0.3) is 5.56 Å². The lowest BCUT2D eigenvalue weighted by Crippen LogP contribution is -2.01. The van der Waals surface area contributed by atoms with E-state index in [0.717, 1.165) is 16.8 Å². The molecular weight excluding hydrogens is 240 g/mol. The SMILES string of the molecule is CC(C)c1nc2[nH][nH]c(=O)c2cc1-c1ccncc1. The van der Waals surface area contributed by atoms with E-state index in [4.69, 9.17) is 0 Å². The van der Waals surface area contributed by atoms with Crippen molar-refractivity contribution >= 4 is 11.0 Å². The summed E-state index contributed by atoms with van der Waals surface area (Å²) in [5.74, 6) is 0.269. The van der Waals surface area contributed by atoms with E-state index in [1.807, 2.05) is 18.2 Å². The number of aromatic nitrogens is 4. The van der Waals surface area contributed by atoms with Crippen LogP contribution in [0, 0.1) is 0 Å². The Kier molecular flexibility index (Phi) is 2.67. The molecule has 0 fully saturated rings. The van der Waals surface area contributed by atoms with E-state index in [-0.39, 0.29) is 11.5 Å². The molecule has 96 valence electrons. The molecule has 0 spiro atoms. The highest BCUT2D eigenvalue weighted by molar-refractivity contribution is 5.82. The minimum atomic E-state index is -0.145. The van der Waals surface area contributed by atoms with Gasteiger partial charge in [-0.1, -0.05) is 13.8 Å². The Labute approximate surface area is 109 Å². The molecule has 0 bridgehead atoms. The second kappa shape index (κ2) is 4.35. The van der Waals surface area contributed by atoms with Gasteiger partial charge in [0.1, 0.15) is 0 Å². The highest BCUT2D eigenvalue weighted by Crippen LogP contribution is 2.29. The first-order valence-corrected chi connectivity index (χ1v) is 6.18. The van der Waals surface area contributed by atoms with Crippen molar-refractivity contribution in [3.8, 4) is 11.1 Å². The summed E-state index contributed by atoms with van der Waals surface area (Å²) in [6, 6.07) is 5.74. The van der Waals surface area contributed by atoms with Gasteiger partial charge < -0.3 is 0 Å². The molecule has 0 unspecified atom stereocenters. The molecule has 3 aromatic rings. The van der Waals surface area contributed by atoms with E-state index in [9.17, 15) is 4.79 Å². The van der Waals surface area contributed by atoms with E-state index in [1.54, 1.807) is 12.4 Å². The molecule has 5 nitrogen and oxygen atoms in total. The van der Waals surface area contributed by atoms with Crippen molar-refractivity contribution in [1.82, 2.24) is 20.2 Å². The molecule has 3 aromatic heterocycles. The predicted molar refractivity (Wildman–Crippen MR) is 74.0 cm³/mol. The fourth-order valence-electron chi connectivity index (χ4n) is 2.18. The van der Waals surface area contributed by atoms with Crippen LogP contribution in [0.2, 0.25) is 0 Å². The van der Waals surface area contributed by atoms with E-state index < -0.39 is 0 Å². The Balaban J connectivity index is 2.35. The van der Waals surface area contributed by atoms with Gasteiger partial charge in [-0.05, 0) is 29.7 Å². The van der Waals surface area contributed by atoms with Crippen LogP contribution in [0.25, 0.3) is 22.2 Å². The molecule has 3 heterocycles. The van der Waals surface area contributed by atoms with Gasteiger partial charge in [-0.25, -0.2) is 4.98 Å². The Morgan fingerprint density at radius 1 is 1.16 bits per heavy atom. The summed E-state index contributed by atoms with van der Waals surface area (Å²) >= 11 is 0. The highest BCUT2D eigenvalue weighted by atomic mass is 16.1. The van der Waals surface area contributed by atoms with Crippen molar-refractivity contribution in [2.75, 3.05) is 0 Å². The van der Waals surface area contributed by atoms with Gasteiger partial charge in [0.2, 0.25) is 0 Å². The zero-order valence-corrected chi connectivity index (χ0v) is 10.8. The number of hydrogen-bond donors (Lipinski definition) is 2. The average molecular weight is 254 g/mol. The first kappa shape index (κ1) is 11.6. The lowest BCUT2D eigenvalue weighted by atomic mass is 9.97. The number of H-pyrrole nitrogens is 2. The van der Waals surface area contributed by atoms with E-state index in [2.05, 4.69) is 34.0 Å². The molecule has 0 aliphatic heterocycles. The first-order valence-electron chi connectivity index (χ1n) is 6.18. The molecule has 0 saturated carbocycles. The lowest BCUT2D eigenvalue weighted by Gasteiger charge is -2.11. The molecule has 0 radical (unpaired) electrons. The molecule has 3 rings (SSSR count). The molecule has 0 aliphatic carbocycles. The Morgan fingerprint density at radius 2 is 1.89 bits per heavy atom.